The van der Waals surface area contributed by atoms with E-state index in [1.807, 2.05) is 14.1 Å². The Labute approximate surface area is 90.5 Å². The number of hydrogen-bond donors (Lipinski definition) is 1. The maximum Gasteiger partial charge on any atom is 0.127 e. The van der Waals surface area contributed by atoms with Gasteiger partial charge in [0.15, 0.2) is 0 Å². The van der Waals surface area contributed by atoms with Crippen LogP contribution in [0.2, 0.25) is 0 Å². The Kier molecular flexibility index (Phi) is 4.07. The number of nitrogens with one attached hydrogen (secondary N) is 1. The second kappa shape index (κ2) is 5.32. The van der Waals surface area contributed by atoms with E-state index >= 15 is 0 Å². The second-order valence-corrected chi connectivity index (χ2v) is 3.85. The Bertz CT molecular complexity index is 354. The molecule has 1 rings (SSSR count). The summed E-state index contributed by atoms with van der Waals surface area (Å²) in [4.78, 5) is 6.26. The third-order valence-corrected chi connectivity index (χ3v) is 1.92. The maximum atomic E-state index is 8.73. The van der Waals surface area contributed by atoms with Crippen LogP contribution in [0.15, 0.2) is 18.3 Å². The molecule has 0 bridgehead atoms. The van der Waals surface area contributed by atoms with Gasteiger partial charge in [-0.05, 0) is 33.2 Å². The summed E-state index contributed by atoms with van der Waals surface area (Å²) in [6.07, 6.45) is 1.64. The molecule has 0 saturated carbocycles. The Balaban J connectivity index is 2.60. The van der Waals surface area contributed by atoms with Crippen LogP contribution < -0.4 is 5.32 Å². The van der Waals surface area contributed by atoms with Crippen molar-refractivity contribution in [2.24, 2.45) is 0 Å². The highest BCUT2D eigenvalue weighted by atomic mass is 15.1. The third kappa shape index (κ3) is 3.96. The quantitative estimate of drug-likeness (QED) is 0.803. The van der Waals surface area contributed by atoms with Gasteiger partial charge in [0.25, 0.3) is 0 Å². The zero-order valence-electron chi connectivity index (χ0n) is 9.36. The van der Waals surface area contributed by atoms with E-state index in [2.05, 4.69) is 28.2 Å². The second-order valence-electron chi connectivity index (χ2n) is 3.85. The molecule has 4 nitrogen and oxygen atoms in total. The number of nitrogens with zero attached hydrogens (tertiary/aromatic N) is 3. The molecule has 1 atom stereocenters. The molecule has 1 heterocycles. The Morgan fingerprint density at radius 3 is 2.93 bits per heavy atom. The summed E-state index contributed by atoms with van der Waals surface area (Å²) in [5, 5.41) is 12.0. The molecule has 0 radical (unpaired) electrons. The molecule has 0 aromatic carbocycles. The van der Waals surface area contributed by atoms with Crippen LogP contribution in [0.4, 0.5) is 5.82 Å². The predicted octanol–water partition coefficient (Wildman–Crippen LogP) is 1.32. The summed E-state index contributed by atoms with van der Waals surface area (Å²) < 4.78 is 0. The first kappa shape index (κ1) is 11.5. The van der Waals surface area contributed by atoms with E-state index in [0.29, 0.717) is 11.6 Å². The molecular formula is C11H16N4. The molecule has 0 saturated heterocycles. The van der Waals surface area contributed by atoms with E-state index in [0.717, 1.165) is 12.4 Å². The number of nitriles is 1. The van der Waals surface area contributed by atoms with E-state index in [4.69, 9.17) is 5.26 Å². The Morgan fingerprint density at radius 2 is 2.33 bits per heavy atom. The standard InChI is InChI=1S/C11H16N4/c1-9(8-15(2)3)14-11-6-10(7-12)4-5-13-11/h4-6,9H,8H2,1-3H3,(H,13,14). The summed E-state index contributed by atoms with van der Waals surface area (Å²) in [5.74, 6) is 0.753. The first-order chi connectivity index (χ1) is 7.11. The van der Waals surface area contributed by atoms with Crippen LogP contribution in [0, 0.1) is 11.3 Å². The average Bonchev–Trinajstić information content (AvgIpc) is 2.16. The van der Waals surface area contributed by atoms with Gasteiger partial charge in [-0.2, -0.15) is 5.26 Å². The topological polar surface area (TPSA) is 52.0 Å². The number of rotatable bonds is 4. The van der Waals surface area contributed by atoms with Crippen LogP contribution in [-0.4, -0.2) is 36.6 Å². The van der Waals surface area contributed by atoms with Crippen molar-refractivity contribution in [3.8, 4) is 6.07 Å². The minimum atomic E-state index is 0.307. The first-order valence-electron chi connectivity index (χ1n) is 4.89. The van der Waals surface area contributed by atoms with Crippen molar-refractivity contribution < 1.29 is 0 Å². The van der Waals surface area contributed by atoms with Crippen LogP contribution >= 0.6 is 0 Å². The molecule has 0 aliphatic carbocycles. The van der Waals surface area contributed by atoms with Gasteiger partial charge in [0.05, 0.1) is 11.6 Å². The van der Waals surface area contributed by atoms with Gasteiger partial charge in [0.2, 0.25) is 0 Å². The SMILES string of the molecule is CC(CN(C)C)Nc1cc(C#N)ccn1. The lowest BCUT2D eigenvalue weighted by Crippen LogP contribution is -2.29. The third-order valence-electron chi connectivity index (χ3n) is 1.92. The zero-order chi connectivity index (χ0) is 11.3. The van der Waals surface area contributed by atoms with Gasteiger partial charge in [0.1, 0.15) is 5.82 Å². The summed E-state index contributed by atoms with van der Waals surface area (Å²) in [6.45, 7) is 3.01. The lowest BCUT2D eigenvalue weighted by molar-refractivity contribution is 0.392. The monoisotopic (exact) mass is 204 g/mol. The van der Waals surface area contributed by atoms with Crippen molar-refractivity contribution >= 4 is 5.82 Å². The smallest absolute Gasteiger partial charge is 0.127 e. The molecule has 0 fully saturated rings. The van der Waals surface area contributed by atoms with Crippen LogP contribution in [0.1, 0.15) is 12.5 Å². The zero-order valence-corrected chi connectivity index (χ0v) is 9.36. The molecule has 1 unspecified atom stereocenters. The molecule has 1 aromatic rings. The largest absolute Gasteiger partial charge is 0.366 e. The number of pyridine rings is 1. The van der Waals surface area contributed by atoms with Crippen LogP contribution in [0.25, 0.3) is 0 Å². The van der Waals surface area contributed by atoms with E-state index in [9.17, 15) is 0 Å². The lowest BCUT2D eigenvalue weighted by atomic mass is 10.2. The van der Waals surface area contributed by atoms with Gasteiger partial charge >= 0.3 is 0 Å². The van der Waals surface area contributed by atoms with E-state index in [1.165, 1.54) is 0 Å². The predicted molar refractivity (Wildman–Crippen MR) is 60.6 cm³/mol. The summed E-state index contributed by atoms with van der Waals surface area (Å²) in [5.41, 5.74) is 0.629. The van der Waals surface area contributed by atoms with Crippen molar-refractivity contribution in [2.45, 2.75) is 13.0 Å². The molecule has 0 spiro atoms. The normalized spacial score (nSPS) is 12.2. The van der Waals surface area contributed by atoms with E-state index in [1.54, 1.807) is 18.3 Å². The fraction of sp³-hybridized carbons (Fsp3) is 0.455. The molecule has 0 amide bonds. The Hall–Kier alpha value is -1.60. The number of likely N-dealkylation sites (N-methyl/N-ethyl adjacent to an activating group) is 1. The maximum absolute atomic E-state index is 8.73. The van der Waals surface area contributed by atoms with Gasteiger partial charge in [-0.1, -0.05) is 0 Å². The van der Waals surface area contributed by atoms with Crippen molar-refractivity contribution in [2.75, 3.05) is 26.0 Å². The van der Waals surface area contributed by atoms with Crippen LogP contribution in [-0.2, 0) is 0 Å². The van der Waals surface area contributed by atoms with Gasteiger partial charge in [0, 0.05) is 18.8 Å². The van der Waals surface area contributed by atoms with Gasteiger partial charge in [-0.15, -0.1) is 0 Å². The van der Waals surface area contributed by atoms with Gasteiger partial charge in [-0.3, -0.25) is 0 Å². The van der Waals surface area contributed by atoms with Crippen molar-refractivity contribution in [1.82, 2.24) is 9.88 Å². The van der Waals surface area contributed by atoms with Gasteiger partial charge in [-0.25, -0.2) is 4.98 Å². The fourth-order valence-corrected chi connectivity index (χ4v) is 1.42. The Morgan fingerprint density at radius 1 is 1.60 bits per heavy atom. The minimum absolute atomic E-state index is 0.307. The highest BCUT2D eigenvalue weighted by Crippen LogP contribution is 2.07. The average molecular weight is 204 g/mol. The highest BCUT2D eigenvalue weighted by Gasteiger charge is 2.04. The number of hydrogen-bond acceptors (Lipinski definition) is 4. The molecule has 1 N–H and O–H groups in total. The van der Waals surface area contributed by atoms with E-state index in [-0.39, 0.29) is 0 Å². The molecule has 80 valence electrons. The van der Waals surface area contributed by atoms with Crippen molar-refractivity contribution in [3.63, 3.8) is 0 Å². The van der Waals surface area contributed by atoms with Crippen LogP contribution in [0.3, 0.4) is 0 Å². The molecule has 0 aliphatic rings. The molecule has 15 heavy (non-hydrogen) atoms. The first-order valence-corrected chi connectivity index (χ1v) is 4.89. The minimum Gasteiger partial charge on any atom is -0.366 e. The summed E-state index contributed by atoms with van der Waals surface area (Å²) in [7, 11) is 4.05. The number of aromatic nitrogens is 1. The summed E-state index contributed by atoms with van der Waals surface area (Å²) in [6, 6.07) is 5.85. The van der Waals surface area contributed by atoms with E-state index < -0.39 is 0 Å². The molecule has 1 aromatic heterocycles. The fourth-order valence-electron chi connectivity index (χ4n) is 1.42. The van der Waals surface area contributed by atoms with Crippen LogP contribution in [0.5, 0.6) is 0 Å². The molecule has 0 aliphatic heterocycles. The molecule has 4 heteroatoms. The number of anilines is 1. The van der Waals surface area contributed by atoms with Gasteiger partial charge < -0.3 is 10.2 Å². The summed E-state index contributed by atoms with van der Waals surface area (Å²) >= 11 is 0. The van der Waals surface area contributed by atoms with Crippen molar-refractivity contribution in [1.29, 1.82) is 5.26 Å². The lowest BCUT2D eigenvalue weighted by Gasteiger charge is -2.18. The molecular weight excluding hydrogens is 188 g/mol. The van der Waals surface area contributed by atoms with Crippen molar-refractivity contribution in [3.05, 3.63) is 23.9 Å². The highest BCUT2D eigenvalue weighted by molar-refractivity contribution is 5.42.